The Morgan fingerprint density at radius 1 is 1.12 bits per heavy atom. The highest BCUT2D eigenvalue weighted by Crippen LogP contribution is 2.31. The van der Waals surface area contributed by atoms with Gasteiger partial charge in [0, 0.05) is 10.8 Å². The SMILES string of the molecule is C[C@H](N)c1nnc(SCc2ccccc2)n1-c1ccc(Cl)cc1Cl. The summed E-state index contributed by atoms with van der Waals surface area (Å²) in [5, 5.41) is 10.4. The van der Waals surface area contributed by atoms with Gasteiger partial charge in [-0.1, -0.05) is 65.3 Å². The molecular formula is C17H16Cl2N4S. The van der Waals surface area contributed by atoms with Gasteiger partial charge in [0.05, 0.1) is 16.8 Å². The summed E-state index contributed by atoms with van der Waals surface area (Å²) in [6.45, 7) is 1.87. The molecule has 0 saturated carbocycles. The zero-order chi connectivity index (χ0) is 17.1. The maximum atomic E-state index is 6.38. The van der Waals surface area contributed by atoms with Gasteiger partial charge >= 0.3 is 0 Å². The molecule has 0 unspecified atom stereocenters. The number of halogens is 2. The molecule has 2 aromatic carbocycles. The molecule has 1 aromatic heterocycles. The van der Waals surface area contributed by atoms with Gasteiger partial charge in [-0.15, -0.1) is 10.2 Å². The predicted octanol–water partition coefficient (Wildman–Crippen LogP) is 4.89. The lowest BCUT2D eigenvalue weighted by atomic mass is 10.2. The summed E-state index contributed by atoms with van der Waals surface area (Å²) in [7, 11) is 0. The summed E-state index contributed by atoms with van der Waals surface area (Å²) in [6.07, 6.45) is 0. The van der Waals surface area contributed by atoms with Crippen molar-refractivity contribution in [1.82, 2.24) is 14.8 Å². The van der Waals surface area contributed by atoms with Crippen molar-refractivity contribution in [3.8, 4) is 5.69 Å². The highest BCUT2D eigenvalue weighted by Gasteiger charge is 2.19. The van der Waals surface area contributed by atoms with Crippen LogP contribution in [0.5, 0.6) is 0 Å². The van der Waals surface area contributed by atoms with Crippen LogP contribution in [0.3, 0.4) is 0 Å². The van der Waals surface area contributed by atoms with Crippen LogP contribution in [0.2, 0.25) is 10.0 Å². The van der Waals surface area contributed by atoms with Crippen LogP contribution in [-0.2, 0) is 5.75 Å². The number of nitrogens with zero attached hydrogens (tertiary/aromatic N) is 3. The van der Waals surface area contributed by atoms with E-state index in [-0.39, 0.29) is 6.04 Å². The molecule has 1 heterocycles. The Bertz CT molecular complexity index is 834. The van der Waals surface area contributed by atoms with Crippen LogP contribution in [0.25, 0.3) is 5.69 Å². The highest BCUT2D eigenvalue weighted by atomic mass is 35.5. The first-order chi connectivity index (χ1) is 11.6. The molecule has 0 amide bonds. The van der Waals surface area contributed by atoms with E-state index in [1.807, 2.05) is 35.8 Å². The molecule has 0 bridgehead atoms. The number of thioether (sulfide) groups is 1. The minimum Gasteiger partial charge on any atom is -0.322 e. The molecule has 4 nitrogen and oxygen atoms in total. The zero-order valence-corrected chi connectivity index (χ0v) is 15.3. The second-order valence-corrected chi connectivity index (χ2v) is 7.12. The molecule has 7 heteroatoms. The van der Waals surface area contributed by atoms with Gasteiger partial charge in [0.15, 0.2) is 11.0 Å². The summed E-state index contributed by atoms with van der Waals surface area (Å²) < 4.78 is 1.90. The Balaban J connectivity index is 1.98. The van der Waals surface area contributed by atoms with Gasteiger partial charge in [-0.05, 0) is 30.7 Å². The Hall–Kier alpha value is -1.53. The molecule has 0 fully saturated rings. The fourth-order valence-corrected chi connectivity index (χ4v) is 3.68. The van der Waals surface area contributed by atoms with Crippen LogP contribution in [-0.4, -0.2) is 14.8 Å². The normalized spacial score (nSPS) is 12.3. The second kappa shape index (κ2) is 7.57. The minimum atomic E-state index is -0.268. The molecule has 0 aliphatic rings. The molecule has 2 N–H and O–H groups in total. The minimum absolute atomic E-state index is 0.268. The van der Waals surface area contributed by atoms with E-state index in [2.05, 4.69) is 22.3 Å². The molecular weight excluding hydrogens is 363 g/mol. The number of rotatable bonds is 5. The third kappa shape index (κ3) is 3.75. The van der Waals surface area contributed by atoms with Crippen LogP contribution >= 0.6 is 35.0 Å². The van der Waals surface area contributed by atoms with E-state index in [1.165, 1.54) is 5.56 Å². The van der Waals surface area contributed by atoms with Gasteiger partial charge in [-0.25, -0.2) is 0 Å². The van der Waals surface area contributed by atoms with Gasteiger partial charge < -0.3 is 5.73 Å². The summed E-state index contributed by atoms with van der Waals surface area (Å²) in [5.41, 5.74) is 8.03. The number of aromatic nitrogens is 3. The van der Waals surface area contributed by atoms with Gasteiger partial charge in [-0.2, -0.15) is 0 Å². The third-order valence-corrected chi connectivity index (χ3v) is 4.96. The number of benzene rings is 2. The molecule has 3 rings (SSSR count). The summed E-state index contributed by atoms with van der Waals surface area (Å²) in [6, 6.07) is 15.3. The maximum Gasteiger partial charge on any atom is 0.196 e. The van der Waals surface area contributed by atoms with E-state index in [1.54, 1.807) is 23.9 Å². The molecule has 24 heavy (non-hydrogen) atoms. The largest absolute Gasteiger partial charge is 0.322 e. The predicted molar refractivity (Wildman–Crippen MR) is 100.0 cm³/mol. The highest BCUT2D eigenvalue weighted by molar-refractivity contribution is 7.98. The first-order valence-corrected chi connectivity index (χ1v) is 9.13. The lowest BCUT2D eigenvalue weighted by molar-refractivity contribution is 0.704. The number of hydrogen-bond donors (Lipinski definition) is 1. The maximum absolute atomic E-state index is 6.38. The first-order valence-electron chi connectivity index (χ1n) is 7.39. The van der Waals surface area contributed by atoms with Crippen LogP contribution in [0.15, 0.2) is 53.7 Å². The number of hydrogen-bond acceptors (Lipinski definition) is 4. The molecule has 0 aliphatic carbocycles. The Morgan fingerprint density at radius 3 is 2.54 bits per heavy atom. The van der Waals surface area contributed by atoms with E-state index in [0.29, 0.717) is 15.9 Å². The van der Waals surface area contributed by atoms with E-state index in [0.717, 1.165) is 16.6 Å². The second-order valence-electron chi connectivity index (χ2n) is 5.33. The van der Waals surface area contributed by atoms with E-state index in [4.69, 9.17) is 28.9 Å². The zero-order valence-electron chi connectivity index (χ0n) is 13.0. The Kier molecular flexibility index (Phi) is 5.46. The summed E-state index contributed by atoms with van der Waals surface area (Å²) in [4.78, 5) is 0. The van der Waals surface area contributed by atoms with E-state index in [9.17, 15) is 0 Å². The van der Waals surface area contributed by atoms with Crippen molar-refractivity contribution < 1.29 is 0 Å². The van der Waals surface area contributed by atoms with Crippen LogP contribution in [0.4, 0.5) is 0 Å². The molecule has 0 spiro atoms. The summed E-state index contributed by atoms with van der Waals surface area (Å²) in [5.74, 6) is 1.44. The van der Waals surface area contributed by atoms with Crippen molar-refractivity contribution in [1.29, 1.82) is 0 Å². The lowest BCUT2D eigenvalue weighted by Crippen LogP contribution is -2.13. The van der Waals surface area contributed by atoms with Crippen molar-refractivity contribution >= 4 is 35.0 Å². The van der Waals surface area contributed by atoms with Crippen LogP contribution in [0.1, 0.15) is 24.4 Å². The van der Waals surface area contributed by atoms with Crippen molar-refractivity contribution in [3.63, 3.8) is 0 Å². The monoisotopic (exact) mass is 378 g/mol. The van der Waals surface area contributed by atoms with Gasteiger partial charge in [0.1, 0.15) is 0 Å². The summed E-state index contributed by atoms with van der Waals surface area (Å²) >= 11 is 14.0. The molecule has 0 radical (unpaired) electrons. The third-order valence-electron chi connectivity index (χ3n) is 3.43. The van der Waals surface area contributed by atoms with Gasteiger partial charge in [0.2, 0.25) is 0 Å². The van der Waals surface area contributed by atoms with Crippen molar-refractivity contribution in [2.45, 2.75) is 23.9 Å². The first kappa shape index (κ1) is 17.3. The molecule has 1 atom stereocenters. The fraction of sp³-hybridized carbons (Fsp3) is 0.176. The Morgan fingerprint density at radius 2 is 1.88 bits per heavy atom. The Labute approximate surface area is 155 Å². The van der Waals surface area contributed by atoms with E-state index >= 15 is 0 Å². The standard InChI is InChI=1S/C17H16Cl2N4S/c1-11(20)16-21-22-17(24-10-12-5-3-2-4-6-12)23(16)15-8-7-13(18)9-14(15)19/h2-9,11H,10,20H2,1H3/t11-/m0/s1. The fourth-order valence-electron chi connectivity index (χ4n) is 2.28. The molecule has 0 saturated heterocycles. The molecule has 124 valence electrons. The quantitative estimate of drug-likeness (QED) is 0.642. The van der Waals surface area contributed by atoms with E-state index < -0.39 is 0 Å². The molecule has 0 aliphatic heterocycles. The lowest BCUT2D eigenvalue weighted by Gasteiger charge is -2.13. The van der Waals surface area contributed by atoms with Crippen molar-refractivity contribution in [2.24, 2.45) is 5.73 Å². The van der Waals surface area contributed by atoms with Gasteiger partial charge in [-0.3, -0.25) is 4.57 Å². The van der Waals surface area contributed by atoms with Crippen molar-refractivity contribution in [2.75, 3.05) is 0 Å². The average Bonchev–Trinajstić information content (AvgIpc) is 2.98. The number of nitrogens with two attached hydrogens (primary N) is 1. The van der Waals surface area contributed by atoms with Crippen molar-refractivity contribution in [3.05, 3.63) is 70.0 Å². The topological polar surface area (TPSA) is 56.7 Å². The van der Waals surface area contributed by atoms with Crippen LogP contribution in [0, 0.1) is 0 Å². The van der Waals surface area contributed by atoms with Gasteiger partial charge in [0.25, 0.3) is 0 Å². The molecule has 3 aromatic rings. The average molecular weight is 379 g/mol. The smallest absolute Gasteiger partial charge is 0.196 e. The van der Waals surface area contributed by atoms with Crippen LogP contribution < -0.4 is 5.73 Å².